The first-order valence-electron chi connectivity index (χ1n) is 4.31. The molecule has 0 spiro atoms. The lowest BCUT2D eigenvalue weighted by Crippen LogP contribution is -2.11. The van der Waals surface area contributed by atoms with Gasteiger partial charge in [0.25, 0.3) is 0 Å². The molecule has 1 rings (SSSR count). The van der Waals surface area contributed by atoms with Crippen molar-refractivity contribution in [3.05, 3.63) is 34.9 Å². The van der Waals surface area contributed by atoms with Crippen molar-refractivity contribution < 1.29 is 0 Å². The van der Waals surface area contributed by atoms with Crippen molar-refractivity contribution in [3.8, 4) is 0 Å². The molecule has 66 valence electrons. The molecule has 1 aromatic carbocycles. The van der Waals surface area contributed by atoms with E-state index in [9.17, 15) is 0 Å². The zero-order chi connectivity index (χ0) is 9.14. The third kappa shape index (κ3) is 2.08. The molecule has 0 aromatic heterocycles. The fourth-order valence-corrected chi connectivity index (χ4v) is 1.32. The summed E-state index contributed by atoms with van der Waals surface area (Å²) in [6.07, 6.45) is 0. The Balaban J connectivity index is 2.92. The van der Waals surface area contributed by atoms with Crippen molar-refractivity contribution >= 4 is 0 Å². The lowest BCUT2D eigenvalue weighted by molar-refractivity contribution is 0.401. The molecule has 0 saturated heterocycles. The highest BCUT2D eigenvalue weighted by molar-refractivity contribution is 5.32. The van der Waals surface area contributed by atoms with E-state index in [1.54, 1.807) is 0 Å². The Hall–Kier alpha value is -0.820. The maximum Gasteiger partial charge on any atom is 0.0230 e. The number of aryl methyl sites for hydroxylation is 1. The molecular formula is C11H17N. The van der Waals surface area contributed by atoms with Crippen LogP contribution >= 0.6 is 0 Å². The molecule has 1 aromatic rings. The van der Waals surface area contributed by atoms with Gasteiger partial charge in [-0.1, -0.05) is 18.2 Å². The van der Waals surface area contributed by atoms with Crippen LogP contribution in [-0.2, 0) is 6.54 Å². The highest BCUT2D eigenvalue weighted by Gasteiger charge is 2.00. The summed E-state index contributed by atoms with van der Waals surface area (Å²) in [4.78, 5) is 2.20. The van der Waals surface area contributed by atoms with Gasteiger partial charge < -0.3 is 4.90 Å². The Morgan fingerprint density at radius 3 is 2.42 bits per heavy atom. The first-order chi connectivity index (χ1) is 5.61. The van der Waals surface area contributed by atoms with E-state index < -0.39 is 0 Å². The topological polar surface area (TPSA) is 3.24 Å². The number of hydrogen-bond donors (Lipinski definition) is 0. The first kappa shape index (κ1) is 9.27. The van der Waals surface area contributed by atoms with E-state index >= 15 is 0 Å². The Bertz CT molecular complexity index is 264. The van der Waals surface area contributed by atoms with Gasteiger partial charge >= 0.3 is 0 Å². The van der Waals surface area contributed by atoms with Crippen molar-refractivity contribution in [2.75, 3.05) is 14.1 Å². The molecule has 0 heterocycles. The van der Waals surface area contributed by atoms with Gasteiger partial charge in [-0.2, -0.15) is 0 Å². The van der Waals surface area contributed by atoms with Crippen LogP contribution in [0.3, 0.4) is 0 Å². The molecule has 0 aliphatic heterocycles. The summed E-state index contributed by atoms with van der Waals surface area (Å²) in [5, 5.41) is 0. The van der Waals surface area contributed by atoms with E-state index in [0.717, 1.165) is 6.54 Å². The molecule has 1 nitrogen and oxygen atoms in total. The Morgan fingerprint density at radius 1 is 1.17 bits per heavy atom. The monoisotopic (exact) mass is 163 g/mol. The molecular weight excluding hydrogens is 146 g/mol. The van der Waals surface area contributed by atoms with Crippen LogP contribution in [0.5, 0.6) is 0 Å². The van der Waals surface area contributed by atoms with Gasteiger partial charge in [0.2, 0.25) is 0 Å². The van der Waals surface area contributed by atoms with Crippen LogP contribution in [0.2, 0.25) is 0 Å². The van der Waals surface area contributed by atoms with Crippen molar-refractivity contribution in [1.82, 2.24) is 4.90 Å². The number of nitrogens with zero attached hydrogens (tertiary/aromatic N) is 1. The summed E-state index contributed by atoms with van der Waals surface area (Å²) >= 11 is 0. The number of hydrogen-bond acceptors (Lipinski definition) is 1. The largest absolute Gasteiger partial charge is 0.305 e. The third-order valence-electron chi connectivity index (χ3n) is 2.20. The normalized spacial score (nSPS) is 10.8. The van der Waals surface area contributed by atoms with Crippen molar-refractivity contribution in [2.24, 2.45) is 0 Å². The van der Waals surface area contributed by atoms with E-state index in [0.29, 0.717) is 0 Å². The molecule has 0 unspecified atom stereocenters. The van der Waals surface area contributed by atoms with Gasteiger partial charge in [-0.25, -0.2) is 0 Å². The molecule has 0 atom stereocenters. The second-order valence-corrected chi connectivity index (χ2v) is 3.60. The van der Waals surface area contributed by atoms with Gasteiger partial charge in [0.15, 0.2) is 0 Å². The van der Waals surface area contributed by atoms with Crippen LogP contribution < -0.4 is 0 Å². The zero-order valence-corrected chi connectivity index (χ0v) is 8.39. The first-order valence-corrected chi connectivity index (χ1v) is 4.31. The Labute approximate surface area is 75.0 Å². The average molecular weight is 163 g/mol. The van der Waals surface area contributed by atoms with Gasteiger partial charge in [-0.15, -0.1) is 0 Å². The smallest absolute Gasteiger partial charge is 0.0230 e. The Morgan fingerprint density at radius 2 is 1.83 bits per heavy atom. The highest BCUT2D eigenvalue weighted by Crippen LogP contribution is 2.13. The van der Waals surface area contributed by atoms with Gasteiger partial charge in [0.1, 0.15) is 0 Å². The van der Waals surface area contributed by atoms with Gasteiger partial charge in [-0.05, 0) is 44.6 Å². The number of rotatable bonds is 2. The third-order valence-corrected chi connectivity index (χ3v) is 2.20. The molecule has 0 aliphatic rings. The molecule has 0 bridgehead atoms. The van der Waals surface area contributed by atoms with E-state index in [-0.39, 0.29) is 0 Å². The fourth-order valence-electron chi connectivity index (χ4n) is 1.32. The van der Waals surface area contributed by atoms with E-state index in [1.807, 2.05) is 0 Å². The van der Waals surface area contributed by atoms with Crippen molar-refractivity contribution in [2.45, 2.75) is 20.4 Å². The molecule has 0 saturated carbocycles. The minimum absolute atomic E-state index is 1.04. The predicted molar refractivity (Wildman–Crippen MR) is 53.3 cm³/mol. The van der Waals surface area contributed by atoms with Crippen LogP contribution in [0.4, 0.5) is 0 Å². The molecule has 0 fully saturated rings. The summed E-state index contributed by atoms with van der Waals surface area (Å²) in [6.45, 7) is 5.39. The summed E-state index contributed by atoms with van der Waals surface area (Å²) < 4.78 is 0. The summed E-state index contributed by atoms with van der Waals surface area (Å²) in [5.41, 5.74) is 4.24. The van der Waals surface area contributed by atoms with Crippen LogP contribution in [-0.4, -0.2) is 19.0 Å². The van der Waals surface area contributed by atoms with E-state index in [1.165, 1.54) is 16.7 Å². The van der Waals surface area contributed by atoms with Crippen molar-refractivity contribution in [3.63, 3.8) is 0 Å². The minimum Gasteiger partial charge on any atom is -0.305 e. The SMILES string of the molecule is Cc1cccc(CN(C)C)c1C. The highest BCUT2D eigenvalue weighted by atomic mass is 15.0. The maximum atomic E-state index is 2.20. The van der Waals surface area contributed by atoms with Gasteiger partial charge in [-0.3, -0.25) is 0 Å². The number of benzene rings is 1. The zero-order valence-electron chi connectivity index (χ0n) is 8.39. The van der Waals surface area contributed by atoms with Crippen LogP contribution in [0, 0.1) is 13.8 Å². The fraction of sp³-hybridized carbons (Fsp3) is 0.455. The molecule has 0 amide bonds. The van der Waals surface area contributed by atoms with E-state index in [4.69, 9.17) is 0 Å². The minimum atomic E-state index is 1.04. The van der Waals surface area contributed by atoms with Crippen molar-refractivity contribution in [1.29, 1.82) is 0 Å². The van der Waals surface area contributed by atoms with E-state index in [2.05, 4.69) is 51.0 Å². The second-order valence-electron chi connectivity index (χ2n) is 3.60. The molecule has 0 N–H and O–H groups in total. The average Bonchev–Trinajstić information content (AvgIpc) is 1.98. The molecule has 0 aliphatic carbocycles. The van der Waals surface area contributed by atoms with Crippen LogP contribution in [0.1, 0.15) is 16.7 Å². The quantitative estimate of drug-likeness (QED) is 0.647. The lowest BCUT2D eigenvalue weighted by Gasteiger charge is -2.13. The maximum absolute atomic E-state index is 2.20. The van der Waals surface area contributed by atoms with Crippen LogP contribution in [0.15, 0.2) is 18.2 Å². The Kier molecular flexibility index (Phi) is 2.88. The summed E-state index contributed by atoms with van der Waals surface area (Å²) in [6, 6.07) is 6.48. The van der Waals surface area contributed by atoms with Gasteiger partial charge in [0.05, 0.1) is 0 Å². The predicted octanol–water partition coefficient (Wildman–Crippen LogP) is 2.37. The van der Waals surface area contributed by atoms with Crippen LogP contribution in [0.25, 0.3) is 0 Å². The molecule has 12 heavy (non-hydrogen) atoms. The summed E-state index contributed by atoms with van der Waals surface area (Å²) in [7, 11) is 4.20. The summed E-state index contributed by atoms with van der Waals surface area (Å²) in [5.74, 6) is 0. The molecule has 0 radical (unpaired) electrons. The standard InChI is InChI=1S/C11H17N/c1-9-6-5-7-11(10(9)2)8-12(3)4/h5-7H,8H2,1-4H3. The second kappa shape index (κ2) is 3.72. The lowest BCUT2D eigenvalue weighted by atomic mass is 10.0. The van der Waals surface area contributed by atoms with Gasteiger partial charge in [0, 0.05) is 6.54 Å². The molecule has 1 heteroatoms.